The quantitative estimate of drug-likeness (QED) is 0.654. The van der Waals surface area contributed by atoms with Crippen molar-refractivity contribution in [2.75, 3.05) is 7.11 Å². The van der Waals surface area contributed by atoms with Crippen LogP contribution in [-0.2, 0) is 6.54 Å². The zero-order valence-corrected chi connectivity index (χ0v) is 13.2. The number of aromatic nitrogens is 1. The first-order chi connectivity index (χ1) is 11.1. The zero-order valence-electron chi connectivity index (χ0n) is 13.2. The van der Waals surface area contributed by atoms with E-state index in [2.05, 4.69) is 4.57 Å². The number of ether oxygens (including phenoxy) is 1. The summed E-state index contributed by atoms with van der Waals surface area (Å²) in [5.41, 5.74) is 8.59. The average Bonchev–Trinajstić information content (AvgIpc) is 2.97. The number of carbonyl (C=O) groups is 1. The Hall–Kier alpha value is -2.77. The Kier molecular flexibility index (Phi) is 5.28. The third-order valence-electron chi connectivity index (χ3n) is 3.85. The number of rotatable bonds is 5. The molecule has 1 heterocycles. The molecule has 0 spiro atoms. The molecule has 2 aromatic carbocycles. The van der Waals surface area contributed by atoms with Gasteiger partial charge in [-0.1, -0.05) is 29.7 Å². The number of nitrogens with zero attached hydrogens (tertiary/aromatic N) is 1. The number of primary amides is 1. The number of hydrogen-bond acceptors (Lipinski definition) is 3. The molecule has 1 radical (unpaired) electrons. The molecule has 3 aromatic rings. The molecule has 0 aliphatic heterocycles. The van der Waals surface area contributed by atoms with Gasteiger partial charge >= 0.3 is 7.48 Å². The Morgan fingerprint density at radius 3 is 2.50 bits per heavy atom. The zero-order chi connectivity index (χ0) is 16.4. The van der Waals surface area contributed by atoms with Crippen LogP contribution in [0.5, 0.6) is 5.75 Å². The van der Waals surface area contributed by atoms with Crippen molar-refractivity contribution in [3.63, 3.8) is 0 Å². The van der Waals surface area contributed by atoms with Gasteiger partial charge in [0.15, 0.2) is 0 Å². The highest BCUT2D eigenvalue weighted by Crippen LogP contribution is 2.30. The first-order valence-corrected chi connectivity index (χ1v) is 7.16. The SMILES string of the molecule is COc1c(C(N)=O)ccc2c1ccn2Cc1ccc([B]O)cc1.O. The van der Waals surface area contributed by atoms with Crippen molar-refractivity contribution in [2.45, 2.75) is 6.54 Å². The maximum absolute atomic E-state index is 11.5. The minimum atomic E-state index is -0.507. The standard InChI is InChI=1S/C17H16BN2O3.H2O/c1-23-16-13-8-9-20(15(13)7-6-14(16)17(19)21)10-11-2-4-12(18-22)5-3-11;/h2-9,22H,10H2,1H3,(H2,19,21);1H2. The van der Waals surface area contributed by atoms with E-state index in [1.165, 1.54) is 7.11 Å². The molecule has 0 aliphatic carbocycles. The lowest BCUT2D eigenvalue weighted by Crippen LogP contribution is -2.13. The lowest BCUT2D eigenvalue weighted by molar-refractivity contribution is 0.0997. The fourth-order valence-corrected chi connectivity index (χ4v) is 2.70. The molecule has 6 nitrogen and oxygen atoms in total. The van der Waals surface area contributed by atoms with Gasteiger partial charge in [0, 0.05) is 18.1 Å². The molecule has 0 unspecified atom stereocenters. The number of carbonyl (C=O) groups excluding carboxylic acids is 1. The van der Waals surface area contributed by atoms with Gasteiger partial charge in [-0.15, -0.1) is 0 Å². The third-order valence-corrected chi connectivity index (χ3v) is 3.85. The molecule has 0 fully saturated rings. The van der Waals surface area contributed by atoms with Crippen molar-refractivity contribution in [1.29, 1.82) is 0 Å². The summed E-state index contributed by atoms with van der Waals surface area (Å²) in [4.78, 5) is 11.5. The second-order valence-electron chi connectivity index (χ2n) is 5.26. The van der Waals surface area contributed by atoms with E-state index in [9.17, 15) is 4.79 Å². The first-order valence-electron chi connectivity index (χ1n) is 7.16. The Balaban J connectivity index is 0.00000208. The second kappa shape index (κ2) is 7.20. The Morgan fingerprint density at radius 2 is 1.92 bits per heavy atom. The molecule has 5 N–H and O–H groups in total. The predicted molar refractivity (Wildman–Crippen MR) is 93.8 cm³/mol. The number of benzene rings is 2. The average molecular weight is 325 g/mol. The summed E-state index contributed by atoms with van der Waals surface area (Å²) < 4.78 is 7.44. The van der Waals surface area contributed by atoms with Gasteiger partial charge in [-0.25, -0.2) is 0 Å². The van der Waals surface area contributed by atoms with E-state index in [0.717, 1.165) is 29.4 Å². The van der Waals surface area contributed by atoms with Crippen LogP contribution in [-0.4, -0.2) is 35.6 Å². The van der Waals surface area contributed by atoms with Crippen LogP contribution in [0.2, 0.25) is 0 Å². The fourth-order valence-electron chi connectivity index (χ4n) is 2.70. The highest BCUT2D eigenvalue weighted by atomic mass is 16.5. The first kappa shape index (κ1) is 17.6. The topological polar surface area (TPSA) is 109 Å². The summed E-state index contributed by atoms with van der Waals surface area (Å²) in [7, 11) is 2.60. The fraction of sp³-hybridized carbons (Fsp3) is 0.118. The van der Waals surface area contributed by atoms with Gasteiger partial charge in [0.05, 0.1) is 18.2 Å². The third kappa shape index (κ3) is 3.13. The highest BCUT2D eigenvalue weighted by molar-refractivity contribution is 6.45. The van der Waals surface area contributed by atoms with Crippen LogP contribution in [0.3, 0.4) is 0 Å². The van der Waals surface area contributed by atoms with Gasteiger partial charge in [0.2, 0.25) is 0 Å². The lowest BCUT2D eigenvalue weighted by Gasteiger charge is -2.10. The summed E-state index contributed by atoms with van der Waals surface area (Å²) in [6.45, 7) is 0.675. The van der Waals surface area contributed by atoms with Crippen molar-refractivity contribution in [1.82, 2.24) is 4.57 Å². The number of hydrogen-bond donors (Lipinski definition) is 2. The summed E-state index contributed by atoms with van der Waals surface area (Å²) >= 11 is 0. The molecule has 7 heteroatoms. The summed E-state index contributed by atoms with van der Waals surface area (Å²) in [6.07, 6.45) is 1.95. The number of fused-ring (bicyclic) bond motifs is 1. The number of methoxy groups -OCH3 is 1. The molecule has 0 saturated heterocycles. The molecule has 1 aromatic heterocycles. The molecule has 123 valence electrons. The van der Waals surface area contributed by atoms with E-state index < -0.39 is 5.91 Å². The van der Waals surface area contributed by atoms with Crippen LogP contribution in [0.15, 0.2) is 48.7 Å². The van der Waals surface area contributed by atoms with Crippen LogP contribution in [0.25, 0.3) is 10.9 Å². The van der Waals surface area contributed by atoms with Crippen LogP contribution >= 0.6 is 0 Å². The maximum Gasteiger partial charge on any atom is 0.326 e. The van der Waals surface area contributed by atoms with E-state index >= 15 is 0 Å². The Labute approximate surface area is 140 Å². The molecule has 0 atom stereocenters. The maximum atomic E-state index is 11.5. The van der Waals surface area contributed by atoms with Gasteiger partial charge in [0.1, 0.15) is 5.75 Å². The van der Waals surface area contributed by atoms with Crippen LogP contribution in [0.4, 0.5) is 0 Å². The van der Waals surface area contributed by atoms with Gasteiger partial charge in [-0.3, -0.25) is 4.79 Å². The van der Waals surface area contributed by atoms with Gasteiger partial charge < -0.3 is 25.5 Å². The van der Waals surface area contributed by atoms with Crippen molar-refractivity contribution >= 4 is 29.8 Å². The van der Waals surface area contributed by atoms with Crippen molar-refractivity contribution in [2.24, 2.45) is 5.73 Å². The molecule has 1 amide bonds. The molecule has 24 heavy (non-hydrogen) atoms. The number of nitrogens with two attached hydrogens (primary N) is 1. The van der Waals surface area contributed by atoms with E-state index in [-0.39, 0.29) is 5.48 Å². The van der Waals surface area contributed by atoms with E-state index in [1.807, 2.05) is 42.6 Å². The highest BCUT2D eigenvalue weighted by Gasteiger charge is 2.14. The minimum Gasteiger partial charge on any atom is -0.495 e. The van der Waals surface area contributed by atoms with Gasteiger partial charge in [-0.05, 0) is 23.8 Å². The minimum absolute atomic E-state index is 0. The molecular weight excluding hydrogens is 307 g/mol. The van der Waals surface area contributed by atoms with Crippen molar-refractivity contribution < 1.29 is 20.0 Å². The van der Waals surface area contributed by atoms with E-state index in [0.29, 0.717) is 17.9 Å². The monoisotopic (exact) mass is 325 g/mol. The Morgan fingerprint density at radius 1 is 1.21 bits per heavy atom. The molecule has 3 rings (SSSR count). The van der Waals surface area contributed by atoms with Gasteiger partial charge in [0.25, 0.3) is 5.91 Å². The largest absolute Gasteiger partial charge is 0.495 e. The summed E-state index contributed by atoms with van der Waals surface area (Å²) in [5, 5.41) is 9.82. The summed E-state index contributed by atoms with van der Waals surface area (Å²) in [6, 6.07) is 13.1. The van der Waals surface area contributed by atoms with Gasteiger partial charge in [-0.2, -0.15) is 0 Å². The van der Waals surface area contributed by atoms with Crippen LogP contribution < -0.4 is 15.9 Å². The number of amides is 1. The lowest BCUT2D eigenvalue weighted by atomic mass is 9.88. The Bertz CT molecular complexity index is 859. The van der Waals surface area contributed by atoms with Crippen LogP contribution in [0.1, 0.15) is 15.9 Å². The molecule has 0 saturated carbocycles. The van der Waals surface area contributed by atoms with E-state index in [4.69, 9.17) is 15.5 Å². The van der Waals surface area contributed by atoms with Crippen molar-refractivity contribution in [3.8, 4) is 5.75 Å². The van der Waals surface area contributed by atoms with Crippen LogP contribution in [0, 0.1) is 0 Å². The second-order valence-corrected chi connectivity index (χ2v) is 5.26. The normalized spacial score (nSPS) is 10.2. The van der Waals surface area contributed by atoms with E-state index in [1.54, 1.807) is 6.07 Å². The smallest absolute Gasteiger partial charge is 0.326 e. The molecular formula is C17H18BN2O4. The van der Waals surface area contributed by atoms with Crippen molar-refractivity contribution in [3.05, 3.63) is 59.8 Å². The summed E-state index contributed by atoms with van der Waals surface area (Å²) in [5.74, 6) is -0.00804. The predicted octanol–water partition coefficient (Wildman–Crippen LogP) is 0.209. The molecule has 0 bridgehead atoms. The molecule has 0 aliphatic rings.